The molecule has 0 amide bonds. The summed E-state index contributed by atoms with van der Waals surface area (Å²) in [6.07, 6.45) is 1.26. The van der Waals surface area contributed by atoms with E-state index in [2.05, 4.69) is 30.2 Å². The van der Waals surface area contributed by atoms with E-state index >= 15 is 0 Å². The van der Waals surface area contributed by atoms with Crippen molar-refractivity contribution >= 4 is 11.8 Å². The van der Waals surface area contributed by atoms with Crippen molar-refractivity contribution in [2.45, 2.75) is 65.5 Å². The van der Waals surface area contributed by atoms with Crippen molar-refractivity contribution in [3.05, 3.63) is 35.4 Å². The van der Waals surface area contributed by atoms with E-state index in [9.17, 15) is 20.4 Å². The Morgan fingerprint density at radius 2 is 2.00 bits per heavy atom. The highest BCUT2D eigenvalue weighted by Crippen LogP contribution is 2.63. The number of thioether (sulfide) groups is 1. The van der Waals surface area contributed by atoms with Gasteiger partial charge in [0.05, 0.1) is 19.0 Å². The Bertz CT molecular complexity index is 972. The molecule has 9 heteroatoms. The smallest absolute Gasteiger partial charge is 0.165 e. The number of hydrogen-bond donors (Lipinski definition) is 4. The lowest BCUT2D eigenvalue weighted by Crippen LogP contribution is -2.65. The molecule has 4 N–H and O–H groups in total. The summed E-state index contributed by atoms with van der Waals surface area (Å²) in [4.78, 5) is 2.45. The molecule has 2 aliphatic carbocycles. The summed E-state index contributed by atoms with van der Waals surface area (Å²) in [5, 5.41) is 40.5. The number of aliphatic hydroxyl groups is 4. The lowest BCUT2D eigenvalue weighted by molar-refractivity contribution is -0.205. The lowest BCUT2D eigenvalue weighted by Gasteiger charge is -2.57. The van der Waals surface area contributed by atoms with Crippen LogP contribution in [-0.2, 0) is 16.6 Å². The third kappa shape index (κ3) is 2.94. The molecule has 2 saturated heterocycles. The third-order valence-corrected chi connectivity index (χ3v) is 9.85. The lowest BCUT2D eigenvalue weighted by atomic mass is 9.53. The number of piperidine rings is 1. The minimum atomic E-state index is -1.39. The van der Waals surface area contributed by atoms with Crippen molar-refractivity contribution in [3.63, 3.8) is 0 Å². The zero-order valence-corrected chi connectivity index (χ0v) is 19.5. The molecule has 33 heavy (non-hydrogen) atoms. The topological polar surface area (TPSA) is 112 Å². The van der Waals surface area contributed by atoms with E-state index in [1.54, 1.807) is 7.11 Å². The summed E-state index contributed by atoms with van der Waals surface area (Å²) >= 11 is 1.39. The van der Waals surface area contributed by atoms with Gasteiger partial charge < -0.3 is 39.5 Å². The van der Waals surface area contributed by atoms with E-state index in [1.807, 2.05) is 6.07 Å². The van der Waals surface area contributed by atoms with Crippen LogP contribution in [0.5, 0.6) is 11.5 Å². The number of hydrogen-bond acceptors (Lipinski definition) is 9. The second-order valence-electron chi connectivity index (χ2n) is 9.92. The highest BCUT2D eigenvalue weighted by molar-refractivity contribution is 8.00. The first-order chi connectivity index (χ1) is 15.9. The number of nitrogens with zero attached hydrogens (tertiary/aromatic N) is 1. The standard InChI is InChI=1S/C24H31NO7S/c1-25-8-7-24-12-4-6-16(33-23-20(29)19(28)18(27)15(10-26)31-23)22(24)32-21-14(30-2)5-3-11(17(21)24)9-13(12)25/h3-6,12-13,15-16,18-20,22-23,26-29H,7-10H2,1-2H3/t12-,13+,15+,16+,18+,19-,20+,22-,23-,24-/m0/s1. The molecule has 6 rings (SSSR count). The molecule has 8 nitrogen and oxygen atoms in total. The highest BCUT2D eigenvalue weighted by Gasteiger charge is 2.64. The van der Waals surface area contributed by atoms with E-state index in [0.29, 0.717) is 12.0 Å². The largest absolute Gasteiger partial charge is 0.493 e. The van der Waals surface area contributed by atoms with Gasteiger partial charge in [0.15, 0.2) is 11.5 Å². The molecule has 1 spiro atoms. The Morgan fingerprint density at radius 3 is 2.76 bits per heavy atom. The maximum absolute atomic E-state index is 10.6. The van der Waals surface area contributed by atoms with Gasteiger partial charge in [0, 0.05) is 22.9 Å². The monoisotopic (exact) mass is 477 g/mol. The quantitative estimate of drug-likeness (QED) is 0.447. The van der Waals surface area contributed by atoms with Crippen LogP contribution in [0.4, 0.5) is 0 Å². The minimum Gasteiger partial charge on any atom is -0.493 e. The van der Waals surface area contributed by atoms with E-state index in [0.717, 1.165) is 30.9 Å². The number of methoxy groups -OCH3 is 1. The van der Waals surface area contributed by atoms with Crippen molar-refractivity contribution in [2.24, 2.45) is 5.92 Å². The van der Waals surface area contributed by atoms with Crippen molar-refractivity contribution in [3.8, 4) is 11.5 Å². The normalized spacial score (nSPS) is 45.5. The zero-order chi connectivity index (χ0) is 23.1. The maximum atomic E-state index is 10.6. The molecule has 2 bridgehead atoms. The van der Waals surface area contributed by atoms with Crippen LogP contribution in [0.15, 0.2) is 24.3 Å². The van der Waals surface area contributed by atoms with Gasteiger partial charge in [-0.2, -0.15) is 0 Å². The Labute approximate surface area is 197 Å². The fraction of sp³-hybridized carbons (Fsp3) is 0.667. The molecule has 10 atom stereocenters. The molecule has 0 aromatic heterocycles. The van der Waals surface area contributed by atoms with Crippen molar-refractivity contribution in [1.82, 2.24) is 4.90 Å². The SMILES string of the molecule is COc1ccc2c3c1O[C@H]1[C@H](S[C@@H]4O[C@H](CO)[C@@H](O)[C@H](O)[C@H]4O)C=C[C@H]4[C@@H](C2)N(C)CC[C@@]341. The van der Waals surface area contributed by atoms with Gasteiger partial charge in [-0.05, 0) is 38.1 Å². The summed E-state index contributed by atoms with van der Waals surface area (Å²) in [6, 6.07) is 4.56. The zero-order valence-electron chi connectivity index (χ0n) is 18.7. The van der Waals surface area contributed by atoms with Crippen LogP contribution >= 0.6 is 11.8 Å². The van der Waals surface area contributed by atoms with E-state index < -0.39 is 36.5 Å². The number of likely N-dealkylation sites (N-methyl/N-ethyl adjacent to an activating group) is 1. The average Bonchev–Trinajstić information content (AvgIpc) is 3.17. The molecule has 3 aliphatic heterocycles. The molecule has 2 fully saturated rings. The molecular weight excluding hydrogens is 446 g/mol. The van der Waals surface area contributed by atoms with E-state index in [1.165, 1.54) is 22.9 Å². The summed E-state index contributed by atoms with van der Waals surface area (Å²) in [7, 11) is 3.86. The summed E-state index contributed by atoms with van der Waals surface area (Å²) in [5.41, 5.74) is 1.59. The summed E-state index contributed by atoms with van der Waals surface area (Å²) < 4.78 is 18.2. The van der Waals surface area contributed by atoms with Gasteiger partial charge in [0.1, 0.15) is 36.0 Å². The molecule has 0 unspecified atom stereocenters. The minimum absolute atomic E-state index is 0.144. The first-order valence-corrected chi connectivity index (χ1v) is 12.6. The maximum Gasteiger partial charge on any atom is 0.165 e. The van der Waals surface area contributed by atoms with Crippen LogP contribution < -0.4 is 9.47 Å². The van der Waals surface area contributed by atoms with E-state index in [4.69, 9.17) is 14.2 Å². The van der Waals surface area contributed by atoms with Gasteiger partial charge in [-0.1, -0.05) is 18.2 Å². The number of rotatable bonds is 4. The molecule has 3 heterocycles. The van der Waals surface area contributed by atoms with Crippen molar-refractivity contribution in [1.29, 1.82) is 0 Å². The molecule has 180 valence electrons. The Hall–Kier alpha value is -1.33. The van der Waals surface area contributed by atoms with Gasteiger partial charge in [-0.25, -0.2) is 0 Å². The van der Waals surface area contributed by atoms with E-state index in [-0.39, 0.29) is 16.8 Å². The number of ether oxygens (including phenoxy) is 3. The van der Waals surface area contributed by atoms with Gasteiger partial charge in [0.2, 0.25) is 0 Å². The molecule has 5 aliphatic rings. The first kappa shape index (κ1) is 22.2. The van der Waals surface area contributed by atoms with Crippen LogP contribution in [0.2, 0.25) is 0 Å². The van der Waals surface area contributed by atoms with Crippen molar-refractivity contribution in [2.75, 3.05) is 27.3 Å². The van der Waals surface area contributed by atoms with Gasteiger partial charge in [0.25, 0.3) is 0 Å². The predicted octanol–water partition coefficient (Wildman–Crippen LogP) is 0.0419. The van der Waals surface area contributed by atoms with Crippen LogP contribution in [0.25, 0.3) is 0 Å². The van der Waals surface area contributed by atoms with Gasteiger partial charge in [-0.3, -0.25) is 0 Å². The third-order valence-electron chi connectivity index (χ3n) is 8.47. The number of benzene rings is 1. The predicted molar refractivity (Wildman–Crippen MR) is 122 cm³/mol. The van der Waals surface area contributed by atoms with Crippen LogP contribution in [0.1, 0.15) is 17.5 Å². The van der Waals surface area contributed by atoms with Crippen LogP contribution in [0.3, 0.4) is 0 Å². The van der Waals surface area contributed by atoms with Gasteiger partial charge in [-0.15, -0.1) is 11.8 Å². The van der Waals surface area contributed by atoms with Crippen molar-refractivity contribution < 1.29 is 34.6 Å². The summed E-state index contributed by atoms with van der Waals surface area (Å²) in [5.74, 6) is 1.88. The fourth-order valence-corrected chi connectivity index (χ4v) is 8.28. The Balaban J connectivity index is 1.39. The highest BCUT2D eigenvalue weighted by atomic mass is 32.2. The molecule has 0 saturated carbocycles. The Kier molecular flexibility index (Phi) is 5.27. The summed E-state index contributed by atoms with van der Waals surface area (Å²) in [6.45, 7) is 0.539. The van der Waals surface area contributed by atoms with Crippen LogP contribution in [0, 0.1) is 5.92 Å². The second-order valence-corrected chi connectivity index (χ2v) is 11.2. The Morgan fingerprint density at radius 1 is 1.18 bits per heavy atom. The second kappa shape index (κ2) is 7.84. The van der Waals surface area contributed by atoms with Gasteiger partial charge >= 0.3 is 0 Å². The number of aliphatic hydroxyl groups excluding tert-OH is 4. The molecule has 0 radical (unpaired) electrons. The molecule has 1 aromatic rings. The molecular formula is C24H31NO7S. The number of likely N-dealkylation sites (tertiary alicyclic amines) is 1. The average molecular weight is 478 g/mol. The first-order valence-electron chi connectivity index (χ1n) is 11.6. The van der Waals surface area contributed by atoms with Crippen LogP contribution in [-0.4, -0.2) is 99.9 Å². The fourth-order valence-electron chi connectivity index (χ4n) is 6.82. The molecule has 1 aromatic carbocycles.